The predicted octanol–water partition coefficient (Wildman–Crippen LogP) is 2.99. The van der Waals surface area contributed by atoms with Gasteiger partial charge in [0.25, 0.3) is 0 Å². The Bertz CT molecular complexity index is 364. The van der Waals surface area contributed by atoms with Crippen molar-refractivity contribution in [2.45, 2.75) is 0 Å². The van der Waals surface area contributed by atoms with Gasteiger partial charge in [-0.1, -0.05) is 30.3 Å². The Morgan fingerprint density at radius 1 is 1.17 bits per heavy atom. The van der Waals surface area contributed by atoms with Gasteiger partial charge in [-0.05, 0) is 5.56 Å². The predicted molar refractivity (Wildman–Crippen MR) is 52.0 cm³/mol. The Kier molecular flexibility index (Phi) is 1.92. The average molecular weight is 174 g/mol. The standard InChI is InChI=1S/C10H8NS/c1-8-11-7-10(12-8)9-5-3-2-4-6-9/h2-7H,1H2. The van der Waals surface area contributed by atoms with Crippen molar-refractivity contribution in [1.29, 1.82) is 0 Å². The third kappa shape index (κ3) is 1.38. The summed E-state index contributed by atoms with van der Waals surface area (Å²) in [6, 6.07) is 10.2. The Morgan fingerprint density at radius 2 is 1.92 bits per heavy atom. The molecular weight excluding hydrogens is 166 g/mol. The first-order valence-corrected chi connectivity index (χ1v) is 4.51. The number of hydrogen-bond acceptors (Lipinski definition) is 2. The molecule has 0 atom stereocenters. The molecule has 1 aromatic heterocycles. The topological polar surface area (TPSA) is 12.9 Å². The van der Waals surface area contributed by atoms with E-state index < -0.39 is 0 Å². The van der Waals surface area contributed by atoms with E-state index in [0.29, 0.717) is 0 Å². The normalized spacial score (nSPS) is 10.1. The zero-order valence-corrected chi connectivity index (χ0v) is 7.34. The maximum absolute atomic E-state index is 4.10. The molecule has 0 saturated carbocycles. The van der Waals surface area contributed by atoms with Crippen molar-refractivity contribution < 1.29 is 0 Å². The van der Waals surface area contributed by atoms with Gasteiger partial charge in [0.05, 0.1) is 9.88 Å². The van der Waals surface area contributed by atoms with Crippen molar-refractivity contribution in [1.82, 2.24) is 4.98 Å². The van der Waals surface area contributed by atoms with Crippen molar-refractivity contribution >= 4 is 11.3 Å². The summed E-state index contributed by atoms with van der Waals surface area (Å²) in [4.78, 5) is 5.28. The van der Waals surface area contributed by atoms with Crippen LogP contribution in [0, 0.1) is 6.92 Å². The molecule has 0 aliphatic heterocycles. The number of nitrogens with zero attached hydrogens (tertiary/aromatic N) is 1. The maximum atomic E-state index is 4.10. The fourth-order valence-corrected chi connectivity index (χ4v) is 1.76. The van der Waals surface area contributed by atoms with Crippen LogP contribution in [-0.4, -0.2) is 4.98 Å². The Hall–Kier alpha value is -1.15. The SMILES string of the molecule is [CH2]c1ncc(-c2ccccc2)s1. The summed E-state index contributed by atoms with van der Waals surface area (Å²) in [5, 5.41) is 0.869. The molecule has 0 saturated heterocycles. The van der Waals surface area contributed by atoms with Crippen LogP contribution in [0.1, 0.15) is 5.01 Å². The number of rotatable bonds is 1. The van der Waals surface area contributed by atoms with E-state index in [9.17, 15) is 0 Å². The minimum Gasteiger partial charge on any atom is -0.249 e. The number of thiazole rings is 1. The van der Waals surface area contributed by atoms with Gasteiger partial charge in [0.2, 0.25) is 0 Å². The highest BCUT2D eigenvalue weighted by Crippen LogP contribution is 2.24. The van der Waals surface area contributed by atoms with Crippen LogP contribution in [0.2, 0.25) is 0 Å². The number of benzene rings is 1. The van der Waals surface area contributed by atoms with Crippen LogP contribution in [-0.2, 0) is 0 Å². The molecule has 2 rings (SSSR count). The van der Waals surface area contributed by atoms with Crippen LogP contribution >= 0.6 is 11.3 Å². The monoisotopic (exact) mass is 174 g/mol. The number of aromatic nitrogens is 1. The van der Waals surface area contributed by atoms with Crippen LogP contribution in [0.15, 0.2) is 36.5 Å². The zero-order chi connectivity index (χ0) is 8.39. The summed E-state index contributed by atoms with van der Waals surface area (Å²) >= 11 is 1.62. The zero-order valence-electron chi connectivity index (χ0n) is 6.53. The van der Waals surface area contributed by atoms with Crippen LogP contribution in [0.25, 0.3) is 10.4 Å². The summed E-state index contributed by atoms with van der Waals surface area (Å²) in [7, 11) is 0. The quantitative estimate of drug-likeness (QED) is 0.647. The lowest BCUT2D eigenvalue weighted by Crippen LogP contribution is -1.67. The second-order valence-electron chi connectivity index (χ2n) is 2.48. The number of hydrogen-bond donors (Lipinski definition) is 0. The Balaban J connectivity index is 2.45. The second-order valence-corrected chi connectivity index (χ2v) is 3.60. The van der Waals surface area contributed by atoms with E-state index in [2.05, 4.69) is 24.0 Å². The molecule has 0 bridgehead atoms. The summed E-state index contributed by atoms with van der Waals surface area (Å²) in [6.07, 6.45) is 1.86. The summed E-state index contributed by atoms with van der Waals surface area (Å²) in [5.41, 5.74) is 1.21. The van der Waals surface area contributed by atoms with Gasteiger partial charge in [0.15, 0.2) is 0 Å². The van der Waals surface area contributed by atoms with Gasteiger partial charge in [0.1, 0.15) is 0 Å². The molecule has 1 heterocycles. The molecule has 0 fully saturated rings. The molecule has 0 unspecified atom stereocenters. The van der Waals surface area contributed by atoms with E-state index >= 15 is 0 Å². The minimum atomic E-state index is 0.869. The first kappa shape index (κ1) is 7.50. The minimum absolute atomic E-state index is 0.869. The highest BCUT2D eigenvalue weighted by molar-refractivity contribution is 7.15. The molecule has 2 heteroatoms. The molecule has 0 aliphatic rings. The van der Waals surface area contributed by atoms with Crippen molar-refractivity contribution in [3.05, 3.63) is 48.5 Å². The van der Waals surface area contributed by atoms with Crippen molar-refractivity contribution in [3.63, 3.8) is 0 Å². The van der Waals surface area contributed by atoms with E-state index in [0.717, 1.165) is 5.01 Å². The summed E-state index contributed by atoms with van der Waals surface area (Å²) < 4.78 is 0. The van der Waals surface area contributed by atoms with Gasteiger partial charge in [-0.25, -0.2) is 4.98 Å². The molecule has 2 aromatic rings. The summed E-state index contributed by atoms with van der Waals surface area (Å²) in [6.45, 7) is 3.77. The van der Waals surface area contributed by atoms with Crippen LogP contribution in [0.3, 0.4) is 0 Å². The van der Waals surface area contributed by atoms with E-state index in [4.69, 9.17) is 0 Å². The first-order valence-electron chi connectivity index (χ1n) is 3.69. The molecule has 1 nitrogen and oxygen atoms in total. The molecule has 0 aliphatic carbocycles. The molecule has 1 radical (unpaired) electrons. The fraction of sp³-hybridized carbons (Fsp3) is 0. The van der Waals surface area contributed by atoms with E-state index in [-0.39, 0.29) is 0 Å². The highest BCUT2D eigenvalue weighted by atomic mass is 32.1. The summed E-state index contributed by atoms with van der Waals surface area (Å²) in [5.74, 6) is 0. The van der Waals surface area contributed by atoms with E-state index in [1.807, 2.05) is 24.4 Å². The van der Waals surface area contributed by atoms with Crippen LogP contribution in [0.5, 0.6) is 0 Å². The molecule has 12 heavy (non-hydrogen) atoms. The lowest BCUT2D eigenvalue weighted by molar-refractivity contribution is 1.37. The largest absolute Gasteiger partial charge is 0.249 e. The molecule has 0 amide bonds. The fourth-order valence-electron chi connectivity index (χ4n) is 1.05. The van der Waals surface area contributed by atoms with E-state index in [1.54, 1.807) is 11.3 Å². The van der Waals surface area contributed by atoms with Gasteiger partial charge in [0, 0.05) is 13.1 Å². The average Bonchev–Trinajstić information content (AvgIpc) is 2.54. The smallest absolute Gasteiger partial charge is 0.0935 e. The highest BCUT2D eigenvalue weighted by Gasteiger charge is 1.99. The van der Waals surface area contributed by atoms with Gasteiger partial charge in [-0.3, -0.25) is 0 Å². The third-order valence-corrected chi connectivity index (χ3v) is 2.51. The van der Waals surface area contributed by atoms with Gasteiger partial charge in [-0.15, -0.1) is 11.3 Å². The Morgan fingerprint density at radius 3 is 2.50 bits per heavy atom. The molecule has 59 valence electrons. The molecule has 1 aromatic carbocycles. The lowest BCUT2D eigenvalue weighted by atomic mass is 10.2. The molecular formula is C10H8NS. The van der Waals surface area contributed by atoms with Gasteiger partial charge >= 0.3 is 0 Å². The van der Waals surface area contributed by atoms with Gasteiger partial charge < -0.3 is 0 Å². The first-order chi connectivity index (χ1) is 5.86. The second kappa shape index (κ2) is 3.07. The molecule has 0 N–H and O–H groups in total. The lowest BCUT2D eigenvalue weighted by Gasteiger charge is -1.92. The maximum Gasteiger partial charge on any atom is 0.0935 e. The van der Waals surface area contributed by atoms with Crippen LogP contribution in [0.4, 0.5) is 0 Å². The van der Waals surface area contributed by atoms with Crippen molar-refractivity contribution in [3.8, 4) is 10.4 Å². The Labute approximate surface area is 75.7 Å². The van der Waals surface area contributed by atoms with Crippen molar-refractivity contribution in [2.75, 3.05) is 0 Å². The third-order valence-electron chi connectivity index (χ3n) is 1.61. The van der Waals surface area contributed by atoms with Crippen LogP contribution < -0.4 is 0 Å². The van der Waals surface area contributed by atoms with Crippen molar-refractivity contribution in [2.24, 2.45) is 0 Å². The van der Waals surface area contributed by atoms with E-state index in [1.165, 1.54) is 10.4 Å². The van der Waals surface area contributed by atoms with Gasteiger partial charge in [-0.2, -0.15) is 0 Å². The molecule has 0 spiro atoms.